The lowest BCUT2D eigenvalue weighted by molar-refractivity contribution is -0.438. The van der Waals surface area contributed by atoms with Crippen LogP contribution in [0.15, 0.2) is 108 Å². The number of hydroxylamine groups is 2. The van der Waals surface area contributed by atoms with Crippen LogP contribution in [0, 0.1) is 10.1 Å². The summed E-state index contributed by atoms with van der Waals surface area (Å²) in [6.07, 6.45) is 16.4. The van der Waals surface area contributed by atoms with Crippen molar-refractivity contribution in [2.45, 2.75) is 127 Å². The number of nitro benzene ring substituents is 1. The van der Waals surface area contributed by atoms with Gasteiger partial charge >= 0.3 is 16.6 Å². The molecular formula is C51H61N5O13S2. The monoisotopic (exact) mass is 1020 g/mol. The van der Waals surface area contributed by atoms with Crippen LogP contribution in [0.4, 0.5) is 17.1 Å². The molecule has 3 aromatic rings. The smallest absolute Gasteiger partial charge is 0.425 e. The van der Waals surface area contributed by atoms with Crippen LogP contribution in [0.5, 0.6) is 0 Å². The second-order valence-electron chi connectivity index (χ2n) is 18.5. The number of hydrogen-bond donors (Lipinski definition) is 1. The highest BCUT2D eigenvalue weighted by Gasteiger charge is 2.44. The molecule has 0 spiro atoms. The standard InChI is InChI=1S/C51H61N5O10S.O3S/c1-50(2)41-19-12-13-20-43(41)53(33-15-7-11-23-49(60)66-55-47(58)30-31-48(55)59)45(50)21-9-5-10-22-46-51(3,4)42-35-40(67(63,64)65)28-29-44(42)54(46)34-14-6-8-17-39(57)18-16-32-52-36-37-24-26-38(27-25-37)56(61)62;1-4(2)3/h5,9-10,12-13,19-22,24-29,35,52H,6-8,11,14-18,23,30-34,36H2,1-4H3;. The van der Waals surface area contributed by atoms with Gasteiger partial charge in [-0.05, 0) is 87.9 Å². The van der Waals surface area contributed by atoms with Gasteiger partial charge in [0, 0.05) is 98.3 Å². The number of allylic oxidation sites excluding steroid dienone is 6. The summed E-state index contributed by atoms with van der Waals surface area (Å²) in [4.78, 5) is 66.1. The fourth-order valence-electron chi connectivity index (χ4n) is 9.08. The molecule has 0 unspecified atom stereocenters. The first-order valence-electron chi connectivity index (χ1n) is 23.6. The number of fused-ring (bicyclic) bond motifs is 2. The van der Waals surface area contributed by atoms with E-state index in [0.717, 1.165) is 66.0 Å². The van der Waals surface area contributed by atoms with E-state index in [1.807, 2.05) is 50.3 Å². The van der Waals surface area contributed by atoms with Crippen molar-refractivity contribution in [3.63, 3.8) is 0 Å². The SMILES string of the molecule is CC1(C)C(=CC=CC=CC2=[N+](CCCCCC(=O)ON3C(=O)CCC3=O)c3ccccc3C2(C)C)N(CCCCCC(=O)CCCNCc2ccc([N+](=O)[O-])cc2)c2ccc(S(=O)(=O)[O-])cc21.O=S(=O)=O. The Morgan fingerprint density at radius 2 is 1.46 bits per heavy atom. The first-order valence-corrected chi connectivity index (χ1v) is 26.0. The molecule has 1 N–H and O–H groups in total. The number of benzene rings is 3. The van der Waals surface area contributed by atoms with Gasteiger partial charge in [-0.3, -0.25) is 24.5 Å². The van der Waals surface area contributed by atoms with Crippen LogP contribution in [0.2, 0.25) is 0 Å². The molecule has 0 saturated carbocycles. The van der Waals surface area contributed by atoms with Crippen molar-refractivity contribution in [3.05, 3.63) is 130 Å². The normalized spacial score (nSPS) is 16.4. The van der Waals surface area contributed by atoms with Crippen LogP contribution in [-0.2, 0) is 62.1 Å². The van der Waals surface area contributed by atoms with Crippen molar-refractivity contribution in [1.29, 1.82) is 0 Å². The van der Waals surface area contributed by atoms with E-state index < -0.39 is 48.8 Å². The fraction of sp³-hybridized carbons (Fsp3) is 0.431. The second kappa shape index (κ2) is 25.1. The first kappa shape index (κ1) is 55.4. The predicted octanol–water partition coefficient (Wildman–Crippen LogP) is 7.53. The fourth-order valence-corrected chi connectivity index (χ4v) is 9.58. The number of carbonyl (C=O) groups is 4. The number of unbranched alkanes of at least 4 members (excludes halogenated alkanes) is 4. The maximum atomic E-state index is 12.7. The largest absolute Gasteiger partial charge is 0.744 e. The lowest BCUT2D eigenvalue weighted by Crippen LogP contribution is -2.31. The molecule has 2 amide bonds. The van der Waals surface area contributed by atoms with Gasteiger partial charge in [0.1, 0.15) is 22.4 Å². The number of nitro groups is 1. The van der Waals surface area contributed by atoms with Crippen LogP contribution in [0.1, 0.15) is 121 Å². The Morgan fingerprint density at radius 1 is 0.817 bits per heavy atom. The molecule has 18 nitrogen and oxygen atoms in total. The zero-order chi connectivity index (χ0) is 51.9. The number of anilines is 1. The van der Waals surface area contributed by atoms with E-state index in [-0.39, 0.29) is 41.0 Å². The number of Topliss-reactive ketones (excluding diaryl/α,β-unsaturated/α-hetero) is 1. The number of hydrogen-bond acceptors (Lipinski definition) is 15. The van der Waals surface area contributed by atoms with Gasteiger partial charge in [-0.15, -0.1) is 17.7 Å². The summed E-state index contributed by atoms with van der Waals surface area (Å²) in [5.74, 6) is -1.38. The molecule has 3 aliphatic heterocycles. The summed E-state index contributed by atoms with van der Waals surface area (Å²) in [6.45, 7) is 11.0. The molecule has 3 aliphatic rings. The number of nitrogens with one attached hydrogen (secondary N) is 1. The number of para-hydroxylation sites is 1. The molecule has 0 aliphatic carbocycles. The Labute approximate surface area is 416 Å². The molecule has 6 rings (SSSR count). The summed E-state index contributed by atoms with van der Waals surface area (Å²) in [7, 11) is -7.78. The van der Waals surface area contributed by atoms with E-state index in [4.69, 9.17) is 17.5 Å². The van der Waals surface area contributed by atoms with Gasteiger partial charge in [0.25, 0.3) is 17.5 Å². The number of rotatable bonds is 24. The Hall–Kier alpha value is -6.48. The van der Waals surface area contributed by atoms with Gasteiger partial charge in [-0.1, -0.05) is 68.8 Å². The van der Waals surface area contributed by atoms with Crippen LogP contribution >= 0.6 is 0 Å². The molecule has 0 radical (unpaired) electrons. The summed E-state index contributed by atoms with van der Waals surface area (Å²) in [6, 6.07) is 19.3. The third-order valence-corrected chi connectivity index (χ3v) is 13.6. The predicted molar refractivity (Wildman–Crippen MR) is 263 cm³/mol. The van der Waals surface area contributed by atoms with Crippen LogP contribution in [-0.4, -0.2) is 89.1 Å². The van der Waals surface area contributed by atoms with Crippen LogP contribution in [0.25, 0.3) is 0 Å². The molecule has 20 heteroatoms. The number of carbonyl (C=O) groups excluding carboxylic acids is 4. The maximum absolute atomic E-state index is 12.7. The lowest BCUT2D eigenvalue weighted by Gasteiger charge is -2.27. The van der Waals surface area contributed by atoms with Crippen molar-refractivity contribution in [1.82, 2.24) is 10.4 Å². The van der Waals surface area contributed by atoms with E-state index >= 15 is 0 Å². The number of amides is 2. The third-order valence-electron chi connectivity index (χ3n) is 12.8. The quantitative estimate of drug-likeness (QED) is 0.0173. The average Bonchev–Trinajstić information content (AvgIpc) is 3.82. The maximum Gasteiger partial charge on any atom is 0.425 e. The first-order chi connectivity index (χ1) is 33.6. The van der Waals surface area contributed by atoms with Crippen LogP contribution < -0.4 is 10.2 Å². The molecule has 0 atom stereocenters. The van der Waals surface area contributed by atoms with Crippen molar-refractivity contribution in [3.8, 4) is 0 Å². The van der Waals surface area contributed by atoms with Gasteiger partial charge in [0.2, 0.25) is 5.69 Å². The molecule has 1 fully saturated rings. The highest BCUT2D eigenvalue weighted by atomic mass is 32.2. The minimum Gasteiger partial charge on any atom is -0.744 e. The number of imide groups is 1. The number of nitrogens with zero attached hydrogens (tertiary/aromatic N) is 4. The Kier molecular flexibility index (Phi) is 19.6. The summed E-state index contributed by atoms with van der Waals surface area (Å²) < 4.78 is 63.9. The summed E-state index contributed by atoms with van der Waals surface area (Å²) in [5.41, 5.74) is 6.08. The zero-order valence-corrected chi connectivity index (χ0v) is 42.1. The van der Waals surface area contributed by atoms with Gasteiger partial charge in [0.05, 0.1) is 15.2 Å². The molecule has 380 valence electrons. The van der Waals surface area contributed by atoms with Crippen molar-refractivity contribution >= 4 is 67.1 Å². The van der Waals surface area contributed by atoms with E-state index in [1.54, 1.807) is 18.2 Å². The van der Waals surface area contributed by atoms with Crippen molar-refractivity contribution in [2.24, 2.45) is 0 Å². The second-order valence-corrected chi connectivity index (χ2v) is 20.3. The molecule has 0 bridgehead atoms. The van der Waals surface area contributed by atoms with Gasteiger partial charge < -0.3 is 19.6 Å². The van der Waals surface area contributed by atoms with E-state index in [0.29, 0.717) is 56.9 Å². The summed E-state index contributed by atoms with van der Waals surface area (Å²) >= 11 is 0. The molecule has 3 aromatic carbocycles. The summed E-state index contributed by atoms with van der Waals surface area (Å²) in [5, 5.41) is 14.7. The lowest BCUT2D eigenvalue weighted by atomic mass is 9.81. The Morgan fingerprint density at radius 3 is 2.14 bits per heavy atom. The Bertz CT molecular complexity index is 2810. The van der Waals surface area contributed by atoms with Crippen molar-refractivity contribution in [2.75, 3.05) is 24.5 Å². The highest BCUT2D eigenvalue weighted by Crippen LogP contribution is 2.48. The molecule has 71 heavy (non-hydrogen) atoms. The highest BCUT2D eigenvalue weighted by molar-refractivity contribution is 7.85. The van der Waals surface area contributed by atoms with E-state index in [1.165, 1.54) is 29.8 Å². The molecule has 3 heterocycles. The minimum absolute atomic E-state index is 0.0513. The van der Waals surface area contributed by atoms with Gasteiger partial charge in [-0.25, -0.2) is 13.2 Å². The third kappa shape index (κ3) is 15.0. The van der Waals surface area contributed by atoms with Gasteiger partial charge in [0.15, 0.2) is 5.71 Å². The van der Waals surface area contributed by atoms with Gasteiger partial charge in [-0.2, -0.15) is 4.58 Å². The zero-order valence-electron chi connectivity index (χ0n) is 40.5. The van der Waals surface area contributed by atoms with E-state index in [2.05, 4.69) is 46.8 Å². The average molecular weight is 1020 g/mol. The minimum atomic E-state index is -4.67. The van der Waals surface area contributed by atoms with E-state index in [9.17, 15) is 42.3 Å². The van der Waals surface area contributed by atoms with Crippen LogP contribution in [0.3, 0.4) is 0 Å². The number of non-ortho nitro benzene ring substituents is 1. The topological polar surface area (TPSA) is 251 Å². The Balaban J connectivity index is 0.00000226. The number of ketones is 1. The molecule has 0 aromatic heterocycles. The molecular weight excluding hydrogens is 955 g/mol. The molecule has 1 saturated heterocycles. The van der Waals surface area contributed by atoms with Crippen molar-refractivity contribution < 1.29 is 59.1 Å².